The summed E-state index contributed by atoms with van der Waals surface area (Å²) >= 11 is 0. The summed E-state index contributed by atoms with van der Waals surface area (Å²) in [5.74, 6) is 0.354. The van der Waals surface area contributed by atoms with E-state index in [2.05, 4.69) is 15.1 Å². The topological polar surface area (TPSA) is 113 Å². The highest BCUT2D eigenvalue weighted by atomic mass is 32.2. The van der Waals surface area contributed by atoms with Crippen molar-refractivity contribution in [1.29, 1.82) is 0 Å². The Labute approximate surface area is 212 Å². The van der Waals surface area contributed by atoms with Crippen LogP contribution in [0.5, 0.6) is 0 Å². The van der Waals surface area contributed by atoms with Gasteiger partial charge in [0.2, 0.25) is 15.9 Å². The standard InChI is InChI=1S/C26H35N5O4S/c1-17(2)31-23(13-14-27-31)26(33)30-22-6-4-3-5-19(22)15-24(30)25(32)29-20-9-11-21(12-10-20)36(34,35)28-16-18-7-8-18/h9-14,17-19,22,24,28H,3-8,15-16H2,1-2H3,(H,29,32)/t19-,22+,24?/m0/s1. The van der Waals surface area contributed by atoms with Crippen molar-refractivity contribution in [2.75, 3.05) is 11.9 Å². The number of carbonyl (C=O) groups excluding carboxylic acids is 2. The fourth-order valence-corrected chi connectivity index (χ4v) is 6.71. The Hall–Kier alpha value is -2.72. The molecule has 1 unspecified atom stereocenters. The minimum absolute atomic E-state index is 0.0320. The number of sulfonamides is 1. The summed E-state index contributed by atoms with van der Waals surface area (Å²) < 4.78 is 29.4. The van der Waals surface area contributed by atoms with E-state index in [9.17, 15) is 18.0 Å². The lowest BCUT2D eigenvalue weighted by molar-refractivity contribution is -0.120. The van der Waals surface area contributed by atoms with Gasteiger partial charge >= 0.3 is 0 Å². The first-order chi connectivity index (χ1) is 17.2. The zero-order valence-electron chi connectivity index (χ0n) is 20.9. The molecule has 1 aromatic heterocycles. The quantitative estimate of drug-likeness (QED) is 0.560. The lowest BCUT2D eigenvalue weighted by atomic mass is 9.84. The molecule has 3 aliphatic rings. The van der Waals surface area contributed by atoms with Crippen molar-refractivity contribution < 1.29 is 18.0 Å². The van der Waals surface area contributed by atoms with Gasteiger partial charge < -0.3 is 10.2 Å². The molecule has 2 amide bonds. The molecule has 1 aromatic carbocycles. The SMILES string of the molecule is CC(C)n1nccc1C(=O)N1C(C(=O)Nc2ccc(S(=O)(=O)NCC3CC3)cc2)C[C@@H]2CCCC[C@H]21. The van der Waals surface area contributed by atoms with E-state index in [0.29, 0.717) is 36.2 Å². The van der Waals surface area contributed by atoms with Gasteiger partial charge in [-0.25, -0.2) is 13.1 Å². The molecule has 1 saturated heterocycles. The lowest BCUT2D eigenvalue weighted by Gasteiger charge is -2.33. The van der Waals surface area contributed by atoms with E-state index < -0.39 is 16.1 Å². The number of aromatic nitrogens is 2. The molecule has 2 saturated carbocycles. The number of fused-ring (bicyclic) bond motifs is 1. The molecule has 9 nitrogen and oxygen atoms in total. The normalized spacial score (nSPS) is 24.1. The van der Waals surface area contributed by atoms with Crippen LogP contribution >= 0.6 is 0 Å². The second-order valence-electron chi connectivity index (χ2n) is 10.6. The Balaban J connectivity index is 1.33. The van der Waals surface area contributed by atoms with Crippen LogP contribution in [0.3, 0.4) is 0 Å². The fourth-order valence-electron chi connectivity index (χ4n) is 5.59. The van der Waals surface area contributed by atoms with Crippen molar-refractivity contribution in [3.05, 3.63) is 42.2 Å². The fraction of sp³-hybridized carbons (Fsp3) is 0.577. The van der Waals surface area contributed by atoms with Crippen molar-refractivity contribution in [3.8, 4) is 0 Å². The van der Waals surface area contributed by atoms with Gasteiger partial charge in [0.25, 0.3) is 5.91 Å². The zero-order valence-corrected chi connectivity index (χ0v) is 21.7. The minimum Gasteiger partial charge on any atom is -0.324 e. The van der Waals surface area contributed by atoms with Crippen molar-refractivity contribution >= 4 is 27.5 Å². The van der Waals surface area contributed by atoms with E-state index in [1.54, 1.807) is 34.0 Å². The van der Waals surface area contributed by atoms with Gasteiger partial charge in [-0.2, -0.15) is 5.10 Å². The zero-order chi connectivity index (χ0) is 25.4. The van der Waals surface area contributed by atoms with Gasteiger partial charge in [0.15, 0.2) is 0 Å². The van der Waals surface area contributed by atoms with Gasteiger partial charge in [-0.15, -0.1) is 0 Å². The van der Waals surface area contributed by atoms with Crippen LogP contribution in [-0.2, 0) is 14.8 Å². The largest absolute Gasteiger partial charge is 0.324 e. The van der Waals surface area contributed by atoms with Crippen molar-refractivity contribution in [2.45, 2.75) is 81.8 Å². The smallest absolute Gasteiger partial charge is 0.273 e. The molecule has 0 spiro atoms. The molecular formula is C26H35N5O4S. The highest BCUT2D eigenvalue weighted by Gasteiger charge is 2.48. The van der Waals surface area contributed by atoms with E-state index in [1.165, 1.54) is 12.1 Å². The van der Waals surface area contributed by atoms with Gasteiger partial charge in [0.05, 0.1) is 4.90 Å². The van der Waals surface area contributed by atoms with E-state index in [-0.39, 0.29) is 28.8 Å². The Kier molecular flexibility index (Phi) is 6.91. The monoisotopic (exact) mass is 513 g/mol. The molecule has 194 valence electrons. The van der Waals surface area contributed by atoms with Crippen LogP contribution in [0, 0.1) is 11.8 Å². The minimum atomic E-state index is -3.57. The molecule has 2 aliphatic carbocycles. The third kappa shape index (κ3) is 5.06. The van der Waals surface area contributed by atoms with Crippen LogP contribution < -0.4 is 10.0 Å². The summed E-state index contributed by atoms with van der Waals surface area (Å²) in [6.45, 7) is 4.42. The third-order valence-corrected chi connectivity index (χ3v) is 9.13. The van der Waals surface area contributed by atoms with Crippen molar-refractivity contribution in [1.82, 2.24) is 19.4 Å². The number of hydrogen-bond donors (Lipinski definition) is 2. The Morgan fingerprint density at radius 2 is 1.78 bits per heavy atom. The molecule has 2 N–H and O–H groups in total. The number of hydrogen-bond acceptors (Lipinski definition) is 5. The number of rotatable bonds is 8. The molecule has 36 heavy (non-hydrogen) atoms. The van der Waals surface area contributed by atoms with Gasteiger partial charge in [-0.05, 0) is 88.1 Å². The molecule has 1 aliphatic heterocycles. The van der Waals surface area contributed by atoms with Crippen LogP contribution in [0.2, 0.25) is 0 Å². The molecule has 3 atom stereocenters. The predicted molar refractivity (Wildman–Crippen MR) is 136 cm³/mol. The third-order valence-electron chi connectivity index (χ3n) is 7.69. The summed E-state index contributed by atoms with van der Waals surface area (Å²) in [6, 6.07) is 7.44. The Morgan fingerprint density at radius 1 is 1.06 bits per heavy atom. The van der Waals surface area contributed by atoms with E-state index in [1.807, 2.05) is 13.8 Å². The van der Waals surface area contributed by atoms with Gasteiger partial charge in [-0.1, -0.05) is 12.8 Å². The maximum Gasteiger partial charge on any atom is 0.273 e. The van der Waals surface area contributed by atoms with Crippen molar-refractivity contribution in [2.24, 2.45) is 11.8 Å². The highest BCUT2D eigenvalue weighted by Crippen LogP contribution is 2.41. The lowest BCUT2D eigenvalue weighted by Crippen LogP contribution is -2.48. The van der Waals surface area contributed by atoms with E-state index >= 15 is 0 Å². The highest BCUT2D eigenvalue weighted by molar-refractivity contribution is 7.89. The average molecular weight is 514 g/mol. The van der Waals surface area contributed by atoms with Crippen LogP contribution in [0.4, 0.5) is 5.69 Å². The van der Waals surface area contributed by atoms with Crippen LogP contribution in [0.1, 0.15) is 75.3 Å². The molecule has 0 bridgehead atoms. The number of anilines is 1. The van der Waals surface area contributed by atoms with Crippen LogP contribution in [-0.4, -0.2) is 53.5 Å². The first-order valence-electron chi connectivity index (χ1n) is 13.0. The number of benzene rings is 1. The van der Waals surface area contributed by atoms with E-state index in [0.717, 1.165) is 38.5 Å². The molecule has 10 heteroatoms. The average Bonchev–Trinajstić information content (AvgIpc) is 3.41. The summed E-state index contributed by atoms with van der Waals surface area (Å²) in [5, 5.41) is 7.25. The molecule has 5 rings (SSSR count). The maximum absolute atomic E-state index is 13.7. The predicted octanol–water partition coefficient (Wildman–Crippen LogP) is 3.56. The summed E-state index contributed by atoms with van der Waals surface area (Å²) in [6.07, 6.45) is 8.48. The maximum atomic E-state index is 13.7. The summed E-state index contributed by atoms with van der Waals surface area (Å²) in [4.78, 5) is 29.2. The first kappa shape index (κ1) is 25.0. The number of amides is 2. The number of carbonyl (C=O) groups is 2. The first-order valence-corrected chi connectivity index (χ1v) is 14.5. The van der Waals surface area contributed by atoms with Gasteiger partial charge in [0.1, 0.15) is 11.7 Å². The molecule has 2 heterocycles. The molecular weight excluding hydrogens is 478 g/mol. The number of nitrogens with one attached hydrogen (secondary N) is 2. The Bertz CT molecular complexity index is 1220. The number of nitrogens with zero attached hydrogens (tertiary/aromatic N) is 3. The van der Waals surface area contributed by atoms with Crippen molar-refractivity contribution in [3.63, 3.8) is 0 Å². The summed E-state index contributed by atoms with van der Waals surface area (Å²) in [5.41, 5.74) is 1.01. The molecule has 2 aromatic rings. The van der Waals surface area contributed by atoms with E-state index in [4.69, 9.17) is 0 Å². The second-order valence-corrected chi connectivity index (χ2v) is 12.4. The van der Waals surface area contributed by atoms with Crippen LogP contribution in [0.25, 0.3) is 0 Å². The number of likely N-dealkylation sites (tertiary alicyclic amines) is 1. The molecule has 0 radical (unpaired) electrons. The van der Waals surface area contributed by atoms with Crippen LogP contribution in [0.15, 0.2) is 41.4 Å². The van der Waals surface area contributed by atoms with Gasteiger partial charge in [-0.3, -0.25) is 14.3 Å². The summed E-state index contributed by atoms with van der Waals surface area (Å²) in [7, 11) is -3.57. The Morgan fingerprint density at radius 3 is 2.47 bits per heavy atom. The molecule has 3 fully saturated rings. The van der Waals surface area contributed by atoms with Gasteiger partial charge in [0, 0.05) is 30.5 Å². The second kappa shape index (κ2) is 9.97.